The fraction of sp³-hybridized carbons (Fsp3) is 0.571. The number of nitrogens with zero attached hydrogens (tertiary/aromatic N) is 2. The van der Waals surface area contributed by atoms with Crippen LogP contribution in [0.4, 0.5) is 10.2 Å². The first-order valence-corrected chi connectivity index (χ1v) is 6.73. The first-order chi connectivity index (χ1) is 9.10. The van der Waals surface area contributed by atoms with Crippen molar-refractivity contribution in [3.8, 4) is 0 Å². The number of carboxylic acids is 1. The van der Waals surface area contributed by atoms with Crippen molar-refractivity contribution in [1.82, 2.24) is 4.98 Å². The van der Waals surface area contributed by atoms with Gasteiger partial charge in [0.05, 0.1) is 6.20 Å². The summed E-state index contributed by atoms with van der Waals surface area (Å²) >= 11 is 0. The van der Waals surface area contributed by atoms with E-state index < -0.39 is 11.8 Å². The number of unbranched alkanes of at least 4 members (excludes halogenated alkanes) is 2. The molecule has 0 aliphatic carbocycles. The van der Waals surface area contributed by atoms with Crippen LogP contribution in [0, 0.1) is 5.82 Å². The molecule has 0 aliphatic heterocycles. The average Bonchev–Trinajstić information content (AvgIpc) is 2.39. The second-order valence-electron chi connectivity index (χ2n) is 4.52. The molecule has 0 radical (unpaired) electrons. The van der Waals surface area contributed by atoms with Crippen molar-refractivity contribution in [1.29, 1.82) is 0 Å². The first-order valence-electron chi connectivity index (χ1n) is 6.73. The zero-order valence-electron chi connectivity index (χ0n) is 11.5. The minimum Gasteiger partial charge on any atom is -0.478 e. The Morgan fingerprint density at radius 3 is 2.37 bits per heavy atom. The maximum atomic E-state index is 13.1. The summed E-state index contributed by atoms with van der Waals surface area (Å²) in [4.78, 5) is 17.1. The van der Waals surface area contributed by atoms with Crippen LogP contribution in [0.1, 0.15) is 49.9 Å². The molecule has 1 N–H and O–H groups in total. The summed E-state index contributed by atoms with van der Waals surface area (Å²) in [6, 6.07) is 1.04. The SMILES string of the molecule is CCCCN(CCCC)c1ncc(F)cc1C(=O)O. The lowest BCUT2D eigenvalue weighted by Crippen LogP contribution is -2.28. The molecule has 0 amide bonds. The average molecular weight is 268 g/mol. The normalized spacial score (nSPS) is 10.5. The number of halogens is 1. The molecular formula is C14H21FN2O2. The summed E-state index contributed by atoms with van der Waals surface area (Å²) in [5.41, 5.74) is -0.0628. The van der Waals surface area contributed by atoms with Crippen molar-refractivity contribution in [2.24, 2.45) is 0 Å². The maximum Gasteiger partial charge on any atom is 0.339 e. The van der Waals surface area contributed by atoms with Crippen LogP contribution in [0.5, 0.6) is 0 Å². The van der Waals surface area contributed by atoms with E-state index in [1.165, 1.54) is 0 Å². The summed E-state index contributed by atoms with van der Waals surface area (Å²) in [5, 5.41) is 9.16. The molecular weight excluding hydrogens is 247 g/mol. The molecule has 0 saturated heterocycles. The number of pyridine rings is 1. The highest BCUT2D eigenvalue weighted by Crippen LogP contribution is 2.20. The minimum absolute atomic E-state index is 0.0628. The Bertz CT molecular complexity index is 416. The van der Waals surface area contributed by atoms with Gasteiger partial charge in [0, 0.05) is 13.1 Å². The number of carbonyl (C=O) groups is 1. The second-order valence-corrected chi connectivity index (χ2v) is 4.52. The molecule has 1 rings (SSSR count). The number of aromatic carboxylic acids is 1. The molecule has 0 aliphatic rings. The van der Waals surface area contributed by atoms with Crippen molar-refractivity contribution in [2.75, 3.05) is 18.0 Å². The molecule has 4 nitrogen and oxygen atoms in total. The third kappa shape index (κ3) is 4.50. The molecule has 1 heterocycles. The summed E-state index contributed by atoms with van der Waals surface area (Å²) in [6.45, 7) is 5.65. The Morgan fingerprint density at radius 2 is 1.89 bits per heavy atom. The molecule has 0 aromatic carbocycles. The monoisotopic (exact) mass is 268 g/mol. The Balaban J connectivity index is 3.02. The Hall–Kier alpha value is -1.65. The molecule has 0 saturated carbocycles. The molecule has 5 heteroatoms. The molecule has 106 valence electrons. The Morgan fingerprint density at radius 1 is 1.32 bits per heavy atom. The van der Waals surface area contributed by atoms with Crippen LogP contribution in [0.25, 0.3) is 0 Å². The largest absolute Gasteiger partial charge is 0.478 e. The van der Waals surface area contributed by atoms with Gasteiger partial charge in [0.15, 0.2) is 0 Å². The molecule has 1 aromatic heterocycles. The van der Waals surface area contributed by atoms with Crippen molar-refractivity contribution in [3.05, 3.63) is 23.6 Å². The quantitative estimate of drug-likeness (QED) is 0.785. The Labute approximate surface area is 113 Å². The maximum absolute atomic E-state index is 13.1. The summed E-state index contributed by atoms with van der Waals surface area (Å²) in [7, 11) is 0. The van der Waals surface area contributed by atoms with Crippen molar-refractivity contribution in [2.45, 2.75) is 39.5 Å². The molecule has 19 heavy (non-hydrogen) atoms. The molecule has 0 atom stereocenters. The van der Waals surface area contributed by atoms with Gasteiger partial charge in [0.25, 0.3) is 0 Å². The smallest absolute Gasteiger partial charge is 0.339 e. The molecule has 1 aromatic rings. The predicted molar refractivity (Wildman–Crippen MR) is 73.2 cm³/mol. The van der Waals surface area contributed by atoms with Crippen LogP contribution in [0.2, 0.25) is 0 Å². The summed E-state index contributed by atoms with van der Waals surface area (Å²) in [5.74, 6) is -1.39. The van der Waals surface area contributed by atoms with E-state index >= 15 is 0 Å². The van der Waals surface area contributed by atoms with Gasteiger partial charge in [0.1, 0.15) is 17.2 Å². The van der Waals surface area contributed by atoms with E-state index in [1.807, 2.05) is 4.90 Å². The predicted octanol–water partition coefficient (Wildman–Crippen LogP) is 3.33. The van der Waals surface area contributed by atoms with Crippen LogP contribution in [-0.4, -0.2) is 29.1 Å². The third-order valence-corrected chi connectivity index (χ3v) is 2.93. The van der Waals surface area contributed by atoms with Crippen molar-refractivity contribution < 1.29 is 14.3 Å². The van der Waals surface area contributed by atoms with Gasteiger partial charge >= 0.3 is 5.97 Å². The summed E-state index contributed by atoms with van der Waals surface area (Å²) < 4.78 is 13.1. The zero-order chi connectivity index (χ0) is 14.3. The van der Waals surface area contributed by atoms with E-state index in [0.717, 1.165) is 51.0 Å². The second kappa shape index (κ2) is 7.71. The van der Waals surface area contributed by atoms with Gasteiger partial charge in [-0.15, -0.1) is 0 Å². The van der Waals surface area contributed by atoms with Crippen LogP contribution in [-0.2, 0) is 0 Å². The number of hydrogen-bond donors (Lipinski definition) is 1. The zero-order valence-corrected chi connectivity index (χ0v) is 11.5. The van der Waals surface area contributed by atoms with Gasteiger partial charge in [-0.1, -0.05) is 26.7 Å². The Kier molecular flexibility index (Phi) is 6.25. The lowest BCUT2D eigenvalue weighted by molar-refractivity contribution is 0.0696. The van der Waals surface area contributed by atoms with Crippen molar-refractivity contribution in [3.63, 3.8) is 0 Å². The van der Waals surface area contributed by atoms with E-state index in [9.17, 15) is 9.18 Å². The number of anilines is 1. The molecule has 0 bridgehead atoms. The number of hydrogen-bond acceptors (Lipinski definition) is 3. The van der Waals surface area contributed by atoms with Crippen LogP contribution < -0.4 is 4.90 Å². The van der Waals surface area contributed by atoms with E-state index in [0.29, 0.717) is 5.82 Å². The van der Waals surface area contributed by atoms with Gasteiger partial charge in [0.2, 0.25) is 0 Å². The fourth-order valence-corrected chi connectivity index (χ4v) is 1.86. The fourth-order valence-electron chi connectivity index (χ4n) is 1.86. The minimum atomic E-state index is -1.14. The summed E-state index contributed by atoms with van der Waals surface area (Å²) in [6.07, 6.45) is 5.04. The number of rotatable bonds is 8. The van der Waals surface area contributed by atoms with Gasteiger partial charge in [-0.05, 0) is 18.9 Å². The topological polar surface area (TPSA) is 53.4 Å². The number of carboxylic acid groups (broad SMARTS) is 1. The van der Waals surface area contributed by atoms with E-state index in [2.05, 4.69) is 18.8 Å². The van der Waals surface area contributed by atoms with Crippen molar-refractivity contribution >= 4 is 11.8 Å². The molecule has 0 fully saturated rings. The highest BCUT2D eigenvalue weighted by molar-refractivity contribution is 5.93. The van der Waals surface area contributed by atoms with Gasteiger partial charge < -0.3 is 10.0 Å². The standard InChI is InChI=1S/C14H21FN2O2/c1-3-5-7-17(8-6-4-2)13-12(14(18)19)9-11(15)10-16-13/h9-10H,3-8H2,1-2H3,(H,18,19). The highest BCUT2D eigenvalue weighted by Gasteiger charge is 2.18. The van der Waals surface area contributed by atoms with Crippen LogP contribution in [0.15, 0.2) is 12.3 Å². The molecule has 0 unspecified atom stereocenters. The van der Waals surface area contributed by atoms with Gasteiger partial charge in [-0.25, -0.2) is 14.2 Å². The van der Waals surface area contributed by atoms with E-state index in [4.69, 9.17) is 5.11 Å². The highest BCUT2D eigenvalue weighted by atomic mass is 19.1. The van der Waals surface area contributed by atoms with Crippen LogP contribution >= 0.6 is 0 Å². The van der Waals surface area contributed by atoms with Gasteiger partial charge in [-0.3, -0.25) is 0 Å². The third-order valence-electron chi connectivity index (χ3n) is 2.93. The van der Waals surface area contributed by atoms with E-state index in [-0.39, 0.29) is 5.56 Å². The van der Waals surface area contributed by atoms with E-state index in [1.54, 1.807) is 0 Å². The lowest BCUT2D eigenvalue weighted by Gasteiger charge is -2.24. The first kappa shape index (κ1) is 15.4. The van der Waals surface area contributed by atoms with Crippen LogP contribution in [0.3, 0.4) is 0 Å². The number of aromatic nitrogens is 1. The van der Waals surface area contributed by atoms with Gasteiger partial charge in [-0.2, -0.15) is 0 Å². The lowest BCUT2D eigenvalue weighted by atomic mass is 10.2. The molecule has 0 spiro atoms.